The van der Waals surface area contributed by atoms with Crippen molar-refractivity contribution in [2.45, 2.75) is 0 Å². The number of benzene rings is 2. The van der Waals surface area contributed by atoms with E-state index in [0.717, 1.165) is 0 Å². The maximum absolute atomic E-state index is 14.0. The molecule has 0 atom stereocenters. The quantitative estimate of drug-likeness (QED) is 0.382. The average Bonchev–Trinajstić information content (AvgIpc) is 2.79. The molecule has 0 aliphatic carbocycles. The van der Waals surface area contributed by atoms with Crippen molar-refractivity contribution in [1.82, 2.24) is 10.3 Å². The van der Waals surface area contributed by atoms with E-state index in [1.807, 2.05) is 0 Å². The lowest BCUT2D eigenvalue weighted by Crippen LogP contribution is -2.18. The van der Waals surface area contributed by atoms with Gasteiger partial charge in [0.2, 0.25) is 0 Å². The number of ether oxygens (including phenoxy) is 1. The van der Waals surface area contributed by atoms with Crippen LogP contribution in [-0.2, 0) is 4.79 Å². The fourth-order valence-corrected chi connectivity index (χ4v) is 2.92. The van der Waals surface area contributed by atoms with Crippen molar-refractivity contribution in [1.29, 1.82) is 5.26 Å². The minimum Gasteiger partial charge on any atom is -0.457 e. The summed E-state index contributed by atoms with van der Waals surface area (Å²) in [6, 6.07) is 15.6. The molecular formula is C23H16BrFN4O3. The smallest absolute Gasteiger partial charge is 0.269 e. The van der Waals surface area contributed by atoms with Gasteiger partial charge in [0.25, 0.3) is 11.8 Å². The molecule has 0 spiro atoms. The van der Waals surface area contributed by atoms with Gasteiger partial charge in [-0.05, 0) is 48.5 Å². The fourth-order valence-electron chi connectivity index (χ4n) is 2.59. The summed E-state index contributed by atoms with van der Waals surface area (Å²) in [5, 5.41) is 14.4. The number of carbonyl (C=O) groups excluding carboxylic acids is 2. The predicted molar refractivity (Wildman–Crippen MR) is 120 cm³/mol. The first-order chi connectivity index (χ1) is 15.4. The van der Waals surface area contributed by atoms with Gasteiger partial charge in [0.15, 0.2) is 0 Å². The molecule has 32 heavy (non-hydrogen) atoms. The number of nitrogens with one attached hydrogen (secondary N) is 2. The summed E-state index contributed by atoms with van der Waals surface area (Å²) < 4.78 is 20.2. The Labute approximate surface area is 191 Å². The van der Waals surface area contributed by atoms with Gasteiger partial charge in [-0.1, -0.05) is 22.0 Å². The van der Waals surface area contributed by atoms with Crippen LogP contribution in [0.4, 0.5) is 10.1 Å². The van der Waals surface area contributed by atoms with Crippen molar-refractivity contribution in [2.75, 3.05) is 12.4 Å². The normalized spacial score (nSPS) is 10.8. The summed E-state index contributed by atoms with van der Waals surface area (Å²) in [6.07, 6.45) is 2.64. The molecule has 0 saturated carbocycles. The van der Waals surface area contributed by atoms with Crippen LogP contribution in [0.1, 0.15) is 16.1 Å². The number of anilines is 1. The van der Waals surface area contributed by atoms with Gasteiger partial charge in [-0.2, -0.15) is 5.26 Å². The number of hydrogen-bond donors (Lipinski definition) is 2. The van der Waals surface area contributed by atoms with E-state index >= 15 is 0 Å². The summed E-state index contributed by atoms with van der Waals surface area (Å²) in [5.41, 5.74) is 0.509. The first kappa shape index (κ1) is 22.7. The summed E-state index contributed by atoms with van der Waals surface area (Å²) in [7, 11) is 1.51. The van der Waals surface area contributed by atoms with Crippen LogP contribution in [0.5, 0.6) is 11.5 Å². The van der Waals surface area contributed by atoms with Crippen molar-refractivity contribution in [3.05, 3.63) is 87.9 Å². The van der Waals surface area contributed by atoms with Crippen molar-refractivity contribution in [3.63, 3.8) is 0 Å². The molecule has 2 amide bonds. The summed E-state index contributed by atoms with van der Waals surface area (Å²) >= 11 is 3.16. The van der Waals surface area contributed by atoms with E-state index in [-0.39, 0.29) is 22.7 Å². The topological polar surface area (TPSA) is 104 Å². The maximum atomic E-state index is 14.0. The monoisotopic (exact) mass is 494 g/mol. The Balaban J connectivity index is 1.69. The second-order valence-corrected chi connectivity index (χ2v) is 7.29. The first-order valence-electron chi connectivity index (χ1n) is 9.24. The van der Waals surface area contributed by atoms with Crippen molar-refractivity contribution < 1.29 is 18.7 Å². The highest BCUT2D eigenvalue weighted by molar-refractivity contribution is 9.10. The second-order valence-electron chi connectivity index (χ2n) is 6.37. The van der Waals surface area contributed by atoms with Gasteiger partial charge >= 0.3 is 0 Å². The molecule has 0 unspecified atom stereocenters. The van der Waals surface area contributed by atoms with Crippen LogP contribution in [0.25, 0.3) is 6.08 Å². The maximum Gasteiger partial charge on any atom is 0.269 e. The minimum atomic E-state index is -0.673. The number of carbonyl (C=O) groups is 2. The predicted octanol–water partition coefficient (Wildman–Crippen LogP) is 4.68. The molecule has 3 rings (SSSR count). The van der Waals surface area contributed by atoms with E-state index in [9.17, 15) is 19.2 Å². The fraction of sp³-hybridized carbons (Fsp3) is 0.0435. The second kappa shape index (κ2) is 10.3. The van der Waals surface area contributed by atoms with E-state index in [4.69, 9.17) is 4.74 Å². The highest BCUT2D eigenvalue weighted by atomic mass is 79.9. The highest BCUT2D eigenvalue weighted by Crippen LogP contribution is 2.24. The molecule has 0 bridgehead atoms. The minimum absolute atomic E-state index is 0.122. The molecule has 7 nitrogen and oxygen atoms in total. The van der Waals surface area contributed by atoms with Crippen LogP contribution in [0.2, 0.25) is 0 Å². The zero-order valence-corrected chi connectivity index (χ0v) is 18.3. The lowest BCUT2D eigenvalue weighted by molar-refractivity contribution is -0.112. The van der Waals surface area contributed by atoms with Gasteiger partial charge in [-0.15, -0.1) is 0 Å². The molecule has 2 aromatic carbocycles. The van der Waals surface area contributed by atoms with Crippen LogP contribution in [0.15, 0.2) is 70.8 Å². The number of nitrogens with zero attached hydrogens (tertiary/aromatic N) is 2. The number of rotatable bonds is 6. The average molecular weight is 495 g/mol. The van der Waals surface area contributed by atoms with Crippen LogP contribution in [0.3, 0.4) is 0 Å². The van der Waals surface area contributed by atoms with Crippen LogP contribution >= 0.6 is 15.9 Å². The lowest BCUT2D eigenvalue weighted by atomic mass is 10.1. The van der Waals surface area contributed by atoms with Crippen LogP contribution in [-0.4, -0.2) is 23.8 Å². The standard InChI is InChI=1S/C23H16BrFN4O3/c1-27-23(31)21-12-19(8-9-28-21)32-18-6-4-17(5-7-18)29-22(30)15(13-26)10-14-2-3-16(24)11-20(14)25/h2-12H,1H3,(H,27,31)(H,29,30)/b15-10+. The molecule has 1 heterocycles. The number of nitriles is 1. The lowest BCUT2D eigenvalue weighted by Gasteiger charge is -2.09. The van der Waals surface area contributed by atoms with Crippen molar-refractivity contribution >= 4 is 39.5 Å². The Morgan fingerprint density at radius 3 is 2.53 bits per heavy atom. The van der Waals surface area contributed by atoms with E-state index in [2.05, 4.69) is 31.5 Å². The molecule has 0 aliphatic heterocycles. The van der Waals surface area contributed by atoms with Gasteiger partial charge in [0.05, 0.1) is 0 Å². The van der Waals surface area contributed by atoms with Crippen molar-refractivity contribution in [2.24, 2.45) is 0 Å². The van der Waals surface area contributed by atoms with Gasteiger partial charge in [0, 0.05) is 35.0 Å². The van der Waals surface area contributed by atoms with Gasteiger partial charge in [-0.25, -0.2) is 4.39 Å². The zero-order valence-electron chi connectivity index (χ0n) is 16.7. The molecular weight excluding hydrogens is 479 g/mol. The summed E-state index contributed by atoms with van der Waals surface area (Å²) in [5.74, 6) is -0.686. The molecule has 9 heteroatoms. The summed E-state index contributed by atoms with van der Waals surface area (Å²) in [4.78, 5) is 28.1. The third kappa shape index (κ3) is 5.77. The van der Waals surface area contributed by atoms with Gasteiger partial charge in [-0.3, -0.25) is 14.6 Å². The molecule has 0 radical (unpaired) electrons. The first-order valence-corrected chi connectivity index (χ1v) is 10.0. The number of amides is 2. The molecule has 0 aliphatic rings. The van der Waals surface area contributed by atoms with E-state index in [0.29, 0.717) is 21.7 Å². The van der Waals surface area contributed by atoms with E-state index in [1.165, 1.54) is 37.5 Å². The molecule has 0 saturated heterocycles. The Hall–Kier alpha value is -4.03. The Bertz CT molecular complexity index is 1240. The third-order valence-corrected chi connectivity index (χ3v) is 4.66. The Morgan fingerprint density at radius 2 is 1.88 bits per heavy atom. The Morgan fingerprint density at radius 1 is 1.12 bits per heavy atom. The van der Waals surface area contributed by atoms with Crippen LogP contribution in [0, 0.1) is 17.1 Å². The highest BCUT2D eigenvalue weighted by Gasteiger charge is 2.12. The Kier molecular flexibility index (Phi) is 7.31. The van der Waals surface area contributed by atoms with Crippen molar-refractivity contribution in [3.8, 4) is 17.6 Å². The van der Waals surface area contributed by atoms with E-state index in [1.54, 1.807) is 42.5 Å². The molecule has 2 N–H and O–H groups in total. The van der Waals surface area contributed by atoms with Gasteiger partial charge < -0.3 is 15.4 Å². The molecule has 3 aromatic rings. The zero-order chi connectivity index (χ0) is 23.1. The molecule has 1 aromatic heterocycles. The van der Waals surface area contributed by atoms with E-state index < -0.39 is 11.7 Å². The molecule has 160 valence electrons. The van der Waals surface area contributed by atoms with Crippen LogP contribution < -0.4 is 15.4 Å². The SMILES string of the molecule is CNC(=O)c1cc(Oc2ccc(NC(=O)/C(C#N)=C/c3ccc(Br)cc3F)cc2)ccn1. The number of halogens is 2. The van der Waals surface area contributed by atoms with Gasteiger partial charge in [0.1, 0.15) is 34.7 Å². The number of pyridine rings is 1. The largest absolute Gasteiger partial charge is 0.457 e. The number of hydrogen-bond acceptors (Lipinski definition) is 5. The summed E-state index contributed by atoms with van der Waals surface area (Å²) in [6.45, 7) is 0. The number of aromatic nitrogens is 1. The molecule has 0 fully saturated rings. The third-order valence-electron chi connectivity index (χ3n) is 4.17.